The van der Waals surface area contributed by atoms with Crippen LogP contribution in [0.15, 0.2) is 0 Å². The van der Waals surface area contributed by atoms with Crippen LogP contribution < -0.4 is 21.3 Å². The summed E-state index contributed by atoms with van der Waals surface area (Å²) in [6, 6.07) is -0.415. The van der Waals surface area contributed by atoms with E-state index in [1.54, 1.807) is 0 Å². The molecule has 2 saturated heterocycles. The van der Waals surface area contributed by atoms with Crippen LogP contribution in [-0.2, 0) is 23.9 Å². The summed E-state index contributed by atoms with van der Waals surface area (Å²) >= 11 is 0. The maximum atomic E-state index is 12.0. The Hall–Kier alpha value is -1.75. The fourth-order valence-corrected chi connectivity index (χ4v) is 2.35. The van der Waals surface area contributed by atoms with E-state index in [4.69, 9.17) is 9.47 Å². The Kier molecular flexibility index (Phi) is 5.66. The minimum absolute atomic E-state index is 0.188. The van der Waals surface area contributed by atoms with Crippen molar-refractivity contribution in [3.05, 3.63) is 0 Å². The standard InChI is InChI=1S/C12H21N5O5/c1-7(18)14-12-15-10-9(11(20)16-12)13-5-17(10)6-21-3-4-22-8(2)19/h9-10,12-13,15H,3-6H2,1-2H3,(H,14,18)(H,16,20). The predicted octanol–water partition coefficient (Wildman–Crippen LogP) is -2.78. The van der Waals surface area contributed by atoms with Crippen molar-refractivity contribution in [1.82, 2.24) is 26.2 Å². The predicted molar refractivity (Wildman–Crippen MR) is 73.8 cm³/mol. The van der Waals surface area contributed by atoms with Gasteiger partial charge in [0.25, 0.3) is 0 Å². The minimum Gasteiger partial charge on any atom is -0.463 e. The van der Waals surface area contributed by atoms with Crippen LogP contribution in [0.2, 0.25) is 0 Å². The van der Waals surface area contributed by atoms with Gasteiger partial charge in [-0.25, -0.2) is 0 Å². The molecule has 0 bridgehead atoms. The lowest BCUT2D eigenvalue weighted by molar-refractivity contribution is -0.143. The number of carbonyl (C=O) groups is 3. The van der Waals surface area contributed by atoms with Crippen LogP contribution in [-0.4, -0.2) is 67.8 Å². The van der Waals surface area contributed by atoms with Gasteiger partial charge in [-0.1, -0.05) is 0 Å². The Morgan fingerprint density at radius 2 is 2.14 bits per heavy atom. The molecule has 0 aromatic heterocycles. The molecule has 0 aliphatic carbocycles. The van der Waals surface area contributed by atoms with Crippen LogP contribution in [0.4, 0.5) is 0 Å². The van der Waals surface area contributed by atoms with E-state index in [-0.39, 0.29) is 43.9 Å². The fraction of sp³-hybridized carbons (Fsp3) is 0.750. The van der Waals surface area contributed by atoms with Crippen LogP contribution in [0, 0.1) is 0 Å². The summed E-state index contributed by atoms with van der Waals surface area (Å²) in [5, 5.41) is 11.4. The number of hydrogen-bond donors (Lipinski definition) is 4. The smallest absolute Gasteiger partial charge is 0.302 e. The zero-order valence-corrected chi connectivity index (χ0v) is 12.5. The van der Waals surface area contributed by atoms with Crippen molar-refractivity contribution in [2.75, 3.05) is 26.6 Å². The first-order valence-corrected chi connectivity index (χ1v) is 6.99. The second-order valence-corrected chi connectivity index (χ2v) is 5.06. The number of ether oxygens (including phenoxy) is 2. The van der Waals surface area contributed by atoms with Gasteiger partial charge in [0.05, 0.1) is 19.4 Å². The van der Waals surface area contributed by atoms with E-state index in [0.29, 0.717) is 6.67 Å². The van der Waals surface area contributed by atoms with Crippen LogP contribution in [0.1, 0.15) is 13.8 Å². The Morgan fingerprint density at radius 1 is 1.36 bits per heavy atom. The summed E-state index contributed by atoms with van der Waals surface area (Å²) in [6.07, 6.45) is -0.908. The number of hydrogen-bond acceptors (Lipinski definition) is 8. The van der Waals surface area contributed by atoms with E-state index in [9.17, 15) is 14.4 Å². The molecule has 4 N–H and O–H groups in total. The SMILES string of the molecule is CC(=O)NC1NC(=O)C2NCN(COCCOC(C)=O)C2N1. The molecular formula is C12H21N5O5. The Balaban J connectivity index is 1.80. The molecular weight excluding hydrogens is 294 g/mol. The highest BCUT2D eigenvalue weighted by Gasteiger charge is 2.43. The second-order valence-electron chi connectivity index (χ2n) is 5.06. The first-order valence-electron chi connectivity index (χ1n) is 6.99. The van der Waals surface area contributed by atoms with Crippen molar-refractivity contribution in [3.63, 3.8) is 0 Å². The molecule has 22 heavy (non-hydrogen) atoms. The largest absolute Gasteiger partial charge is 0.463 e. The topological polar surface area (TPSA) is 121 Å². The van der Waals surface area contributed by atoms with Gasteiger partial charge in [0.15, 0.2) is 6.29 Å². The van der Waals surface area contributed by atoms with Gasteiger partial charge >= 0.3 is 5.97 Å². The van der Waals surface area contributed by atoms with E-state index < -0.39 is 12.3 Å². The van der Waals surface area contributed by atoms with Crippen molar-refractivity contribution >= 4 is 17.8 Å². The van der Waals surface area contributed by atoms with Crippen LogP contribution in [0.3, 0.4) is 0 Å². The van der Waals surface area contributed by atoms with Crippen molar-refractivity contribution in [2.45, 2.75) is 32.3 Å². The van der Waals surface area contributed by atoms with Crippen LogP contribution >= 0.6 is 0 Å². The Bertz CT molecular complexity index is 446. The van der Waals surface area contributed by atoms with E-state index in [0.717, 1.165) is 0 Å². The van der Waals surface area contributed by atoms with Crippen molar-refractivity contribution < 1.29 is 23.9 Å². The highest BCUT2D eigenvalue weighted by molar-refractivity contribution is 5.84. The van der Waals surface area contributed by atoms with Gasteiger partial charge in [-0.2, -0.15) is 0 Å². The van der Waals surface area contributed by atoms with E-state index in [1.807, 2.05) is 4.90 Å². The number of amides is 2. The monoisotopic (exact) mass is 315 g/mol. The molecule has 10 nitrogen and oxygen atoms in total. The average molecular weight is 315 g/mol. The zero-order chi connectivity index (χ0) is 16.1. The van der Waals surface area contributed by atoms with Gasteiger partial charge in [0.2, 0.25) is 11.8 Å². The first-order chi connectivity index (χ1) is 10.5. The second kappa shape index (κ2) is 7.49. The Labute approximate surface area is 127 Å². The summed E-state index contributed by atoms with van der Waals surface area (Å²) in [7, 11) is 0. The van der Waals surface area contributed by atoms with E-state index >= 15 is 0 Å². The molecule has 2 amide bonds. The minimum atomic E-state index is -0.616. The van der Waals surface area contributed by atoms with E-state index in [1.165, 1.54) is 13.8 Å². The molecule has 2 aliphatic heterocycles. The van der Waals surface area contributed by atoms with Crippen molar-refractivity contribution in [3.8, 4) is 0 Å². The molecule has 2 aliphatic rings. The lowest BCUT2D eigenvalue weighted by Gasteiger charge is -2.36. The maximum Gasteiger partial charge on any atom is 0.302 e. The Morgan fingerprint density at radius 3 is 2.82 bits per heavy atom. The summed E-state index contributed by atoms with van der Waals surface area (Å²) < 4.78 is 10.2. The molecule has 0 aromatic carbocycles. The highest BCUT2D eigenvalue weighted by atomic mass is 16.6. The molecule has 2 fully saturated rings. The number of fused-ring (bicyclic) bond motifs is 1. The summed E-state index contributed by atoms with van der Waals surface area (Å²) in [4.78, 5) is 35.6. The molecule has 0 aromatic rings. The van der Waals surface area contributed by atoms with Crippen molar-refractivity contribution in [1.29, 1.82) is 0 Å². The van der Waals surface area contributed by atoms with Gasteiger partial charge in [0, 0.05) is 13.8 Å². The van der Waals surface area contributed by atoms with E-state index in [2.05, 4.69) is 21.3 Å². The molecule has 2 heterocycles. The lowest BCUT2D eigenvalue weighted by atomic mass is 10.2. The zero-order valence-electron chi connectivity index (χ0n) is 12.5. The third-order valence-corrected chi connectivity index (χ3v) is 3.27. The molecule has 0 spiro atoms. The van der Waals surface area contributed by atoms with Gasteiger partial charge < -0.3 is 20.1 Å². The lowest BCUT2D eigenvalue weighted by Crippen LogP contribution is -2.71. The third-order valence-electron chi connectivity index (χ3n) is 3.27. The normalized spacial score (nSPS) is 27.9. The molecule has 3 atom stereocenters. The molecule has 124 valence electrons. The fourth-order valence-electron chi connectivity index (χ4n) is 2.35. The number of nitrogens with zero attached hydrogens (tertiary/aromatic N) is 1. The van der Waals surface area contributed by atoms with Gasteiger partial charge in [-0.15, -0.1) is 0 Å². The maximum absolute atomic E-state index is 12.0. The number of rotatable bonds is 6. The summed E-state index contributed by atoms with van der Waals surface area (Å²) in [5.41, 5.74) is 0. The molecule has 0 radical (unpaired) electrons. The first kappa shape index (κ1) is 16.6. The quantitative estimate of drug-likeness (QED) is 0.307. The van der Waals surface area contributed by atoms with Crippen LogP contribution in [0.25, 0.3) is 0 Å². The summed E-state index contributed by atoms with van der Waals surface area (Å²) in [6.45, 7) is 3.91. The molecule has 2 rings (SSSR count). The van der Waals surface area contributed by atoms with Gasteiger partial charge in [0.1, 0.15) is 19.4 Å². The molecule has 3 unspecified atom stereocenters. The van der Waals surface area contributed by atoms with Crippen LogP contribution in [0.5, 0.6) is 0 Å². The van der Waals surface area contributed by atoms with Gasteiger partial charge in [-0.05, 0) is 0 Å². The number of carbonyl (C=O) groups excluding carboxylic acids is 3. The summed E-state index contributed by atoms with van der Waals surface area (Å²) in [5.74, 6) is -0.786. The number of nitrogens with one attached hydrogen (secondary N) is 4. The van der Waals surface area contributed by atoms with Crippen molar-refractivity contribution in [2.24, 2.45) is 0 Å². The van der Waals surface area contributed by atoms with Gasteiger partial charge in [-0.3, -0.25) is 29.9 Å². The molecule has 0 saturated carbocycles. The average Bonchev–Trinajstić information content (AvgIpc) is 2.81. The third kappa shape index (κ3) is 4.37. The highest BCUT2D eigenvalue weighted by Crippen LogP contribution is 2.13. The number of esters is 1. The molecule has 10 heteroatoms.